The summed E-state index contributed by atoms with van der Waals surface area (Å²) in [5.41, 5.74) is 2.23. The van der Waals surface area contributed by atoms with Crippen LogP contribution in [0.5, 0.6) is 0 Å². The summed E-state index contributed by atoms with van der Waals surface area (Å²) in [6, 6.07) is 16.8. The van der Waals surface area contributed by atoms with E-state index in [4.69, 9.17) is 0 Å². The van der Waals surface area contributed by atoms with Crippen LogP contribution in [0, 0.1) is 5.82 Å². The largest absolute Gasteiger partial charge is 0.207 e. The van der Waals surface area contributed by atoms with Crippen molar-refractivity contribution >= 4 is 22.7 Å². The minimum Gasteiger partial charge on any atom is -0.207 e. The molecule has 0 aliphatic carbocycles. The summed E-state index contributed by atoms with van der Waals surface area (Å²) in [5.74, 6) is 0.818. The minimum atomic E-state index is -0.198. The summed E-state index contributed by atoms with van der Waals surface area (Å²) >= 11 is 1.80. The topological polar surface area (TPSA) is 0 Å². The second-order valence-corrected chi connectivity index (χ2v) is 5.17. The SMILES string of the molecule is CCS/C(=C\c1ccc(F)cc1)c1ccccc1. The molecule has 0 spiro atoms. The average molecular weight is 258 g/mol. The van der Waals surface area contributed by atoms with Crippen molar-refractivity contribution in [1.82, 2.24) is 0 Å². The summed E-state index contributed by atoms with van der Waals surface area (Å²) in [4.78, 5) is 1.21. The van der Waals surface area contributed by atoms with Crippen molar-refractivity contribution in [3.8, 4) is 0 Å². The standard InChI is InChI=1S/C16H15FS/c1-2-18-16(14-6-4-3-5-7-14)12-13-8-10-15(17)11-9-13/h3-12H,2H2,1H3/b16-12-. The molecule has 2 aromatic carbocycles. The third-order valence-corrected chi connectivity index (χ3v) is 3.48. The molecule has 0 fully saturated rings. The Morgan fingerprint density at radius 3 is 2.33 bits per heavy atom. The van der Waals surface area contributed by atoms with E-state index in [-0.39, 0.29) is 5.82 Å². The van der Waals surface area contributed by atoms with Gasteiger partial charge in [-0.25, -0.2) is 4.39 Å². The molecule has 0 radical (unpaired) electrons. The van der Waals surface area contributed by atoms with Crippen LogP contribution >= 0.6 is 11.8 Å². The molecule has 0 aliphatic rings. The van der Waals surface area contributed by atoms with E-state index in [2.05, 4.69) is 25.1 Å². The Balaban J connectivity index is 2.33. The van der Waals surface area contributed by atoms with Crippen molar-refractivity contribution in [3.05, 3.63) is 71.5 Å². The molecule has 92 valence electrons. The summed E-state index contributed by atoms with van der Waals surface area (Å²) in [7, 11) is 0. The molecule has 0 unspecified atom stereocenters. The summed E-state index contributed by atoms with van der Waals surface area (Å²) in [6.45, 7) is 2.13. The van der Waals surface area contributed by atoms with Crippen LogP contribution in [-0.4, -0.2) is 5.75 Å². The van der Waals surface area contributed by atoms with Crippen LogP contribution in [0.3, 0.4) is 0 Å². The van der Waals surface area contributed by atoms with E-state index in [1.54, 1.807) is 23.9 Å². The van der Waals surface area contributed by atoms with Crippen LogP contribution < -0.4 is 0 Å². The van der Waals surface area contributed by atoms with Gasteiger partial charge in [0.2, 0.25) is 0 Å². The minimum absolute atomic E-state index is 0.198. The number of benzene rings is 2. The molecule has 18 heavy (non-hydrogen) atoms. The van der Waals surface area contributed by atoms with Gasteiger partial charge < -0.3 is 0 Å². The Morgan fingerprint density at radius 2 is 1.72 bits per heavy atom. The molecule has 2 heteroatoms. The summed E-state index contributed by atoms with van der Waals surface area (Å²) in [6.07, 6.45) is 2.10. The highest BCUT2D eigenvalue weighted by atomic mass is 32.2. The van der Waals surface area contributed by atoms with E-state index >= 15 is 0 Å². The first-order valence-electron chi connectivity index (χ1n) is 5.95. The number of hydrogen-bond acceptors (Lipinski definition) is 1. The first-order valence-corrected chi connectivity index (χ1v) is 6.93. The molecule has 2 rings (SSSR count). The van der Waals surface area contributed by atoms with Gasteiger partial charge in [0.1, 0.15) is 5.82 Å². The fourth-order valence-electron chi connectivity index (χ4n) is 1.68. The monoisotopic (exact) mass is 258 g/mol. The molecule has 0 nitrogen and oxygen atoms in total. The number of halogens is 1. The molecule has 0 N–H and O–H groups in total. The predicted octanol–water partition coefficient (Wildman–Crippen LogP) is 5.08. The molecular weight excluding hydrogens is 243 g/mol. The first kappa shape index (κ1) is 12.9. The van der Waals surface area contributed by atoms with Crippen molar-refractivity contribution in [2.24, 2.45) is 0 Å². The maximum Gasteiger partial charge on any atom is 0.123 e. The molecule has 0 amide bonds. The lowest BCUT2D eigenvalue weighted by molar-refractivity contribution is 0.628. The molecule has 0 saturated carbocycles. The van der Waals surface area contributed by atoms with Crippen LogP contribution in [0.1, 0.15) is 18.1 Å². The third kappa shape index (κ3) is 3.47. The Kier molecular flexibility index (Phi) is 4.59. The van der Waals surface area contributed by atoms with Gasteiger partial charge in [0.25, 0.3) is 0 Å². The van der Waals surface area contributed by atoms with E-state index in [1.807, 2.05) is 18.2 Å². The predicted molar refractivity (Wildman–Crippen MR) is 78.8 cm³/mol. The number of hydrogen-bond donors (Lipinski definition) is 0. The van der Waals surface area contributed by atoms with E-state index in [9.17, 15) is 4.39 Å². The number of rotatable bonds is 4. The molecule has 0 saturated heterocycles. The van der Waals surface area contributed by atoms with E-state index in [0.717, 1.165) is 11.3 Å². The van der Waals surface area contributed by atoms with Gasteiger partial charge in [-0.15, -0.1) is 11.8 Å². The van der Waals surface area contributed by atoms with Crippen LogP contribution in [0.2, 0.25) is 0 Å². The normalized spacial score (nSPS) is 11.6. The Bertz CT molecular complexity index is 515. The van der Waals surface area contributed by atoms with Gasteiger partial charge in [-0.05, 0) is 35.1 Å². The van der Waals surface area contributed by atoms with Crippen LogP contribution in [0.4, 0.5) is 4.39 Å². The first-order chi connectivity index (χ1) is 8.79. The van der Waals surface area contributed by atoms with Gasteiger partial charge in [-0.1, -0.05) is 49.4 Å². The molecule has 0 aromatic heterocycles. The highest BCUT2D eigenvalue weighted by Crippen LogP contribution is 2.29. The molecule has 2 aromatic rings. The van der Waals surface area contributed by atoms with Crippen LogP contribution in [0.25, 0.3) is 11.0 Å². The van der Waals surface area contributed by atoms with Crippen molar-refractivity contribution in [1.29, 1.82) is 0 Å². The zero-order valence-corrected chi connectivity index (χ0v) is 11.1. The highest BCUT2D eigenvalue weighted by Gasteiger charge is 2.01. The van der Waals surface area contributed by atoms with Crippen molar-refractivity contribution in [3.63, 3.8) is 0 Å². The third-order valence-electron chi connectivity index (χ3n) is 2.53. The Labute approximate surface area is 112 Å². The fraction of sp³-hybridized carbons (Fsp3) is 0.125. The van der Waals surface area contributed by atoms with Gasteiger partial charge in [0.15, 0.2) is 0 Å². The quantitative estimate of drug-likeness (QED) is 0.689. The smallest absolute Gasteiger partial charge is 0.123 e. The maximum atomic E-state index is 12.9. The lowest BCUT2D eigenvalue weighted by Crippen LogP contribution is -1.82. The maximum absolute atomic E-state index is 12.9. The Morgan fingerprint density at radius 1 is 1.06 bits per heavy atom. The molecule has 0 atom stereocenters. The average Bonchev–Trinajstić information content (AvgIpc) is 2.42. The lowest BCUT2D eigenvalue weighted by Gasteiger charge is -2.06. The van der Waals surface area contributed by atoms with Crippen molar-refractivity contribution in [2.45, 2.75) is 6.92 Å². The van der Waals surface area contributed by atoms with E-state index in [0.29, 0.717) is 0 Å². The van der Waals surface area contributed by atoms with Gasteiger partial charge in [-0.3, -0.25) is 0 Å². The molecule has 0 heterocycles. The van der Waals surface area contributed by atoms with Gasteiger partial charge in [0, 0.05) is 4.91 Å². The van der Waals surface area contributed by atoms with Crippen molar-refractivity contribution < 1.29 is 4.39 Å². The van der Waals surface area contributed by atoms with E-state index in [1.165, 1.54) is 22.6 Å². The van der Waals surface area contributed by atoms with E-state index < -0.39 is 0 Å². The number of thioether (sulfide) groups is 1. The van der Waals surface area contributed by atoms with Crippen LogP contribution in [-0.2, 0) is 0 Å². The van der Waals surface area contributed by atoms with Gasteiger partial charge >= 0.3 is 0 Å². The summed E-state index contributed by atoms with van der Waals surface area (Å²) < 4.78 is 12.9. The Hall–Kier alpha value is -1.54. The lowest BCUT2D eigenvalue weighted by atomic mass is 10.1. The zero-order valence-electron chi connectivity index (χ0n) is 10.3. The highest BCUT2D eigenvalue weighted by molar-refractivity contribution is 8.08. The fourth-order valence-corrected chi connectivity index (χ4v) is 2.51. The van der Waals surface area contributed by atoms with Gasteiger partial charge in [0.05, 0.1) is 0 Å². The zero-order chi connectivity index (χ0) is 12.8. The molecule has 0 aliphatic heterocycles. The van der Waals surface area contributed by atoms with Gasteiger partial charge in [-0.2, -0.15) is 0 Å². The van der Waals surface area contributed by atoms with Crippen molar-refractivity contribution in [2.75, 3.05) is 5.75 Å². The second-order valence-electron chi connectivity index (χ2n) is 3.86. The summed E-state index contributed by atoms with van der Waals surface area (Å²) in [5, 5.41) is 0. The second kappa shape index (κ2) is 6.41. The molecular formula is C16H15FS. The van der Waals surface area contributed by atoms with Crippen LogP contribution in [0.15, 0.2) is 54.6 Å². The molecule has 0 bridgehead atoms.